The third-order valence-corrected chi connectivity index (χ3v) is 6.29. The maximum atomic E-state index is 5.92. The van der Waals surface area contributed by atoms with E-state index < -0.39 is 0 Å². The zero-order valence-corrected chi connectivity index (χ0v) is 15.4. The number of hydrogen-bond acceptors (Lipinski definition) is 2. The number of nitrogens with two attached hydrogens (primary N) is 1. The van der Waals surface area contributed by atoms with Gasteiger partial charge in [0, 0.05) is 12.1 Å². The van der Waals surface area contributed by atoms with E-state index in [0.717, 1.165) is 12.5 Å². The fraction of sp³-hybridized carbons (Fsp3) is 0.950. The van der Waals surface area contributed by atoms with Crippen molar-refractivity contribution in [3.05, 3.63) is 0 Å². The van der Waals surface area contributed by atoms with E-state index >= 15 is 0 Å². The Morgan fingerprint density at radius 1 is 0.750 bits per heavy atom. The van der Waals surface area contributed by atoms with Crippen LogP contribution in [0.15, 0.2) is 4.99 Å². The summed E-state index contributed by atoms with van der Waals surface area (Å²) in [5.74, 6) is 1.80. The molecule has 0 spiro atoms. The van der Waals surface area contributed by atoms with Gasteiger partial charge in [0.05, 0.1) is 6.04 Å². The van der Waals surface area contributed by atoms with Gasteiger partial charge >= 0.3 is 0 Å². The van der Waals surface area contributed by atoms with Crippen LogP contribution in [0, 0.1) is 5.92 Å². The van der Waals surface area contributed by atoms with Crippen molar-refractivity contribution >= 4 is 5.96 Å². The van der Waals surface area contributed by atoms with Gasteiger partial charge < -0.3 is 16.4 Å². The highest BCUT2D eigenvalue weighted by atomic mass is 15.2. The van der Waals surface area contributed by atoms with Gasteiger partial charge in [-0.2, -0.15) is 0 Å². The molecule has 3 aliphatic rings. The maximum Gasteiger partial charge on any atom is 0.191 e. The molecule has 3 aliphatic carbocycles. The van der Waals surface area contributed by atoms with Crippen LogP contribution in [-0.4, -0.2) is 30.6 Å². The minimum atomic E-state index is 0.534. The quantitative estimate of drug-likeness (QED) is 0.542. The zero-order chi connectivity index (χ0) is 16.6. The van der Waals surface area contributed by atoms with Gasteiger partial charge in [0.1, 0.15) is 0 Å². The van der Waals surface area contributed by atoms with Crippen LogP contribution >= 0.6 is 0 Å². The average molecular weight is 335 g/mol. The van der Waals surface area contributed by atoms with Gasteiger partial charge in [-0.25, -0.2) is 4.99 Å². The molecule has 4 nitrogen and oxygen atoms in total. The van der Waals surface area contributed by atoms with Crippen molar-refractivity contribution in [2.75, 3.05) is 6.54 Å². The molecule has 4 heteroatoms. The van der Waals surface area contributed by atoms with Crippen molar-refractivity contribution < 1.29 is 0 Å². The molecule has 0 aromatic heterocycles. The predicted molar refractivity (Wildman–Crippen MR) is 102 cm³/mol. The molecule has 0 amide bonds. The molecule has 0 saturated heterocycles. The molecule has 0 aliphatic heterocycles. The minimum absolute atomic E-state index is 0.534. The number of nitrogens with one attached hydrogen (secondary N) is 2. The maximum absolute atomic E-state index is 5.92. The van der Waals surface area contributed by atoms with Gasteiger partial charge in [-0.3, -0.25) is 0 Å². The summed E-state index contributed by atoms with van der Waals surface area (Å²) in [6, 6.07) is 1.72. The van der Waals surface area contributed by atoms with Gasteiger partial charge in [0.25, 0.3) is 0 Å². The predicted octanol–water partition coefficient (Wildman–Crippen LogP) is 3.70. The molecule has 3 saturated carbocycles. The summed E-state index contributed by atoms with van der Waals surface area (Å²) in [5.41, 5.74) is 5.92. The normalized spacial score (nSPS) is 31.0. The van der Waals surface area contributed by atoms with Crippen molar-refractivity contribution in [3.63, 3.8) is 0 Å². The Labute approximate surface area is 148 Å². The summed E-state index contributed by atoms with van der Waals surface area (Å²) in [5, 5.41) is 7.59. The molecule has 3 rings (SSSR count). The lowest BCUT2D eigenvalue weighted by Gasteiger charge is -2.33. The van der Waals surface area contributed by atoms with Crippen molar-refractivity contribution in [1.29, 1.82) is 0 Å². The summed E-state index contributed by atoms with van der Waals surface area (Å²) >= 11 is 0. The van der Waals surface area contributed by atoms with Crippen LogP contribution < -0.4 is 16.4 Å². The monoisotopic (exact) mass is 334 g/mol. The standard InChI is InChI=1S/C20H38N4/c21-15-16-8-7-13-19(14-16)24-20(22-17-9-3-1-4-10-17)23-18-11-5-2-6-12-18/h16-19H,1-15,21H2,(H2,22,23,24). The molecule has 4 N–H and O–H groups in total. The second-order valence-electron chi connectivity index (χ2n) is 8.36. The lowest BCUT2D eigenvalue weighted by atomic mass is 9.86. The smallest absolute Gasteiger partial charge is 0.191 e. The molecule has 2 unspecified atom stereocenters. The molecule has 138 valence electrons. The summed E-state index contributed by atoms with van der Waals surface area (Å²) in [6.07, 6.45) is 18.5. The second-order valence-corrected chi connectivity index (χ2v) is 8.36. The first-order chi connectivity index (χ1) is 11.8. The molecule has 2 atom stereocenters. The number of rotatable bonds is 4. The number of hydrogen-bond donors (Lipinski definition) is 3. The molecular weight excluding hydrogens is 296 g/mol. The van der Waals surface area contributed by atoms with Gasteiger partial charge in [0.2, 0.25) is 0 Å². The lowest BCUT2D eigenvalue weighted by molar-refractivity contribution is 0.308. The first-order valence-electron chi connectivity index (χ1n) is 10.6. The lowest BCUT2D eigenvalue weighted by Crippen LogP contribution is -2.50. The van der Waals surface area contributed by atoms with Gasteiger partial charge in [0.15, 0.2) is 5.96 Å². The van der Waals surface area contributed by atoms with Gasteiger partial charge in [-0.1, -0.05) is 44.9 Å². The first kappa shape index (κ1) is 18.0. The molecule has 0 heterocycles. The van der Waals surface area contributed by atoms with Gasteiger partial charge in [-0.15, -0.1) is 0 Å². The number of guanidine groups is 1. The summed E-state index contributed by atoms with van der Waals surface area (Å²) in [4.78, 5) is 5.14. The van der Waals surface area contributed by atoms with Crippen LogP contribution in [0.1, 0.15) is 89.9 Å². The van der Waals surface area contributed by atoms with Crippen molar-refractivity contribution in [3.8, 4) is 0 Å². The van der Waals surface area contributed by atoms with Crippen molar-refractivity contribution in [2.45, 2.75) is 108 Å². The number of aliphatic imine (C=N–C) groups is 1. The van der Waals surface area contributed by atoms with Crippen LogP contribution in [-0.2, 0) is 0 Å². The fourth-order valence-electron chi connectivity index (χ4n) is 4.78. The third-order valence-electron chi connectivity index (χ3n) is 6.29. The summed E-state index contributed by atoms with van der Waals surface area (Å²) in [6.45, 7) is 0.837. The summed E-state index contributed by atoms with van der Waals surface area (Å²) < 4.78 is 0. The summed E-state index contributed by atoms with van der Waals surface area (Å²) in [7, 11) is 0. The molecule has 0 radical (unpaired) electrons. The molecule has 0 aromatic rings. The Kier molecular flexibility index (Phi) is 7.25. The van der Waals surface area contributed by atoms with E-state index in [-0.39, 0.29) is 0 Å². The zero-order valence-electron chi connectivity index (χ0n) is 15.4. The Hall–Kier alpha value is -0.770. The van der Waals surface area contributed by atoms with Crippen molar-refractivity contribution in [2.24, 2.45) is 16.6 Å². The molecule has 0 bridgehead atoms. The minimum Gasteiger partial charge on any atom is -0.354 e. The molecule has 3 fully saturated rings. The van der Waals surface area contributed by atoms with Crippen LogP contribution in [0.3, 0.4) is 0 Å². The highest BCUT2D eigenvalue weighted by Crippen LogP contribution is 2.24. The Morgan fingerprint density at radius 2 is 1.38 bits per heavy atom. The SMILES string of the molecule is NCC1CCCC(N/C(=N/C2CCCCC2)NC2CCCCC2)C1. The van der Waals surface area contributed by atoms with E-state index in [4.69, 9.17) is 10.7 Å². The topological polar surface area (TPSA) is 62.4 Å². The van der Waals surface area contributed by atoms with E-state index in [1.807, 2.05) is 0 Å². The Bertz CT molecular complexity index is 383. The molecule has 24 heavy (non-hydrogen) atoms. The third kappa shape index (κ3) is 5.65. The van der Waals surface area contributed by atoms with Crippen LogP contribution in [0.5, 0.6) is 0 Å². The van der Waals surface area contributed by atoms with Crippen LogP contribution in [0.25, 0.3) is 0 Å². The highest BCUT2D eigenvalue weighted by Gasteiger charge is 2.24. The van der Waals surface area contributed by atoms with Crippen molar-refractivity contribution in [1.82, 2.24) is 10.6 Å². The van der Waals surface area contributed by atoms with E-state index in [2.05, 4.69) is 10.6 Å². The van der Waals surface area contributed by atoms with E-state index in [0.29, 0.717) is 24.0 Å². The average Bonchev–Trinajstić information content (AvgIpc) is 2.63. The second kappa shape index (κ2) is 9.65. The van der Waals surface area contributed by atoms with Gasteiger partial charge in [-0.05, 0) is 57.4 Å². The largest absolute Gasteiger partial charge is 0.354 e. The van der Waals surface area contributed by atoms with E-state index in [1.165, 1.54) is 89.9 Å². The highest BCUT2D eigenvalue weighted by molar-refractivity contribution is 5.80. The van der Waals surface area contributed by atoms with Crippen LogP contribution in [0.2, 0.25) is 0 Å². The van der Waals surface area contributed by atoms with Crippen LogP contribution in [0.4, 0.5) is 0 Å². The Morgan fingerprint density at radius 3 is 2.08 bits per heavy atom. The first-order valence-corrected chi connectivity index (χ1v) is 10.6. The Balaban J connectivity index is 1.60. The van der Waals surface area contributed by atoms with E-state index in [9.17, 15) is 0 Å². The number of nitrogens with zero attached hydrogens (tertiary/aromatic N) is 1. The van der Waals surface area contributed by atoms with E-state index in [1.54, 1.807) is 0 Å². The fourth-order valence-corrected chi connectivity index (χ4v) is 4.78. The molecular formula is C20H38N4. The molecule has 0 aromatic carbocycles.